The van der Waals surface area contributed by atoms with Crippen LogP contribution in [0.1, 0.15) is 33.2 Å². The summed E-state index contributed by atoms with van der Waals surface area (Å²) >= 11 is 0. The zero-order valence-corrected chi connectivity index (χ0v) is 16.7. The first-order valence-corrected chi connectivity index (χ1v) is 10.1. The number of hydrogen-bond donors (Lipinski definition) is 3. The van der Waals surface area contributed by atoms with E-state index in [1.165, 1.54) is 0 Å². The molecule has 1 aromatic heterocycles. The fraction of sp³-hybridized carbons (Fsp3) is 0.120. The Labute approximate surface area is 179 Å². The van der Waals surface area contributed by atoms with Crippen molar-refractivity contribution in [2.24, 2.45) is 0 Å². The van der Waals surface area contributed by atoms with Gasteiger partial charge in [-0.05, 0) is 41.8 Å². The van der Waals surface area contributed by atoms with E-state index in [2.05, 4.69) is 10.2 Å². The summed E-state index contributed by atoms with van der Waals surface area (Å²) in [6, 6.07) is 23.5. The maximum absolute atomic E-state index is 13.3. The molecule has 0 radical (unpaired) electrons. The van der Waals surface area contributed by atoms with E-state index < -0.39 is 6.04 Å². The van der Waals surface area contributed by atoms with Crippen LogP contribution in [0.25, 0.3) is 11.3 Å². The monoisotopic (exact) mass is 411 g/mol. The predicted molar refractivity (Wildman–Crippen MR) is 117 cm³/mol. The predicted octanol–water partition coefficient (Wildman–Crippen LogP) is 4.28. The molecule has 6 heteroatoms. The molecule has 154 valence electrons. The molecule has 1 amide bonds. The van der Waals surface area contributed by atoms with Crippen molar-refractivity contribution < 1.29 is 15.0 Å². The third-order valence-corrected chi connectivity index (χ3v) is 5.69. The molecule has 2 heterocycles. The van der Waals surface area contributed by atoms with E-state index in [0.29, 0.717) is 35.5 Å². The molecule has 4 aromatic rings. The maximum Gasteiger partial charge on any atom is 0.273 e. The topological polar surface area (TPSA) is 89.5 Å². The highest BCUT2D eigenvalue weighted by molar-refractivity contribution is 6.00. The number of rotatable bonds is 5. The van der Waals surface area contributed by atoms with Crippen LogP contribution < -0.4 is 0 Å². The molecular formula is C25H21N3O3. The minimum absolute atomic E-state index is 0.0987. The minimum Gasteiger partial charge on any atom is -0.508 e. The Morgan fingerprint density at radius 3 is 2.48 bits per heavy atom. The molecule has 5 rings (SSSR count). The van der Waals surface area contributed by atoms with Crippen molar-refractivity contribution in [3.8, 4) is 22.8 Å². The molecule has 1 atom stereocenters. The third-order valence-electron chi connectivity index (χ3n) is 5.69. The molecule has 0 saturated heterocycles. The van der Waals surface area contributed by atoms with Crippen molar-refractivity contribution in [2.75, 3.05) is 6.54 Å². The Bertz CT molecular complexity index is 1250. The molecule has 0 fully saturated rings. The number of phenols is 2. The first kappa shape index (κ1) is 18.9. The van der Waals surface area contributed by atoms with Gasteiger partial charge < -0.3 is 15.1 Å². The second-order valence-electron chi connectivity index (χ2n) is 7.61. The summed E-state index contributed by atoms with van der Waals surface area (Å²) < 4.78 is 0. The van der Waals surface area contributed by atoms with Gasteiger partial charge in [-0.1, -0.05) is 54.6 Å². The summed E-state index contributed by atoms with van der Waals surface area (Å²) in [6.07, 6.45) is 0.700. The summed E-state index contributed by atoms with van der Waals surface area (Å²) in [4.78, 5) is 15.1. The van der Waals surface area contributed by atoms with Crippen molar-refractivity contribution >= 4 is 5.91 Å². The van der Waals surface area contributed by atoms with Gasteiger partial charge in [-0.15, -0.1) is 0 Å². The van der Waals surface area contributed by atoms with E-state index in [1.807, 2.05) is 42.5 Å². The standard InChI is InChI=1S/C25H21N3O3/c29-18-10-6-9-17(15-18)24-21-22(19-11-4-5-12-20(19)30)26-27-23(21)25(31)28(24)14-13-16-7-2-1-3-8-16/h1-12,15,24,29-30H,13-14H2,(H,26,27). The number of H-pyrrole nitrogens is 1. The average Bonchev–Trinajstić information content (AvgIpc) is 3.32. The molecule has 0 bridgehead atoms. The van der Waals surface area contributed by atoms with Crippen molar-refractivity contribution in [2.45, 2.75) is 12.5 Å². The summed E-state index contributed by atoms with van der Waals surface area (Å²) in [5, 5.41) is 27.8. The van der Waals surface area contributed by atoms with Gasteiger partial charge in [0, 0.05) is 17.7 Å². The molecule has 1 aliphatic rings. The fourth-order valence-electron chi connectivity index (χ4n) is 4.24. The van der Waals surface area contributed by atoms with Crippen LogP contribution in [0.4, 0.5) is 0 Å². The maximum atomic E-state index is 13.3. The van der Waals surface area contributed by atoms with Gasteiger partial charge >= 0.3 is 0 Å². The Hall–Kier alpha value is -4.06. The minimum atomic E-state index is -0.424. The Morgan fingerprint density at radius 2 is 1.71 bits per heavy atom. The molecule has 31 heavy (non-hydrogen) atoms. The number of amides is 1. The number of aromatic nitrogens is 2. The van der Waals surface area contributed by atoms with E-state index >= 15 is 0 Å². The summed E-state index contributed by atoms with van der Waals surface area (Å²) in [5.41, 5.74) is 4.16. The molecule has 1 aliphatic heterocycles. The van der Waals surface area contributed by atoms with Crippen LogP contribution in [0, 0.1) is 0 Å². The van der Waals surface area contributed by atoms with Gasteiger partial charge in [-0.2, -0.15) is 5.10 Å². The van der Waals surface area contributed by atoms with Crippen molar-refractivity contribution in [3.05, 3.63) is 101 Å². The van der Waals surface area contributed by atoms with Crippen LogP contribution in [0.5, 0.6) is 11.5 Å². The molecule has 3 aromatic carbocycles. The molecule has 0 saturated carbocycles. The zero-order valence-electron chi connectivity index (χ0n) is 16.7. The lowest BCUT2D eigenvalue weighted by molar-refractivity contribution is 0.0745. The number of para-hydroxylation sites is 1. The molecular weight excluding hydrogens is 390 g/mol. The number of carbonyl (C=O) groups excluding carboxylic acids is 1. The first-order valence-electron chi connectivity index (χ1n) is 10.1. The second-order valence-corrected chi connectivity index (χ2v) is 7.61. The highest BCUT2D eigenvalue weighted by Gasteiger charge is 2.42. The Kier molecular flexibility index (Phi) is 4.67. The van der Waals surface area contributed by atoms with E-state index in [0.717, 1.165) is 11.1 Å². The van der Waals surface area contributed by atoms with Crippen LogP contribution in [-0.2, 0) is 6.42 Å². The summed E-state index contributed by atoms with van der Waals surface area (Å²) in [7, 11) is 0. The largest absolute Gasteiger partial charge is 0.508 e. The lowest BCUT2D eigenvalue weighted by Crippen LogP contribution is -2.31. The molecule has 0 spiro atoms. The number of aromatic amines is 1. The Morgan fingerprint density at radius 1 is 0.935 bits per heavy atom. The van der Waals surface area contributed by atoms with E-state index in [9.17, 15) is 15.0 Å². The average molecular weight is 411 g/mol. The molecule has 1 unspecified atom stereocenters. The smallest absolute Gasteiger partial charge is 0.273 e. The Balaban J connectivity index is 1.61. The van der Waals surface area contributed by atoms with Crippen molar-refractivity contribution in [1.82, 2.24) is 15.1 Å². The van der Waals surface area contributed by atoms with E-state index in [4.69, 9.17) is 0 Å². The zero-order chi connectivity index (χ0) is 21.4. The first-order chi connectivity index (χ1) is 15.1. The number of nitrogens with zero attached hydrogens (tertiary/aromatic N) is 2. The summed E-state index contributed by atoms with van der Waals surface area (Å²) in [6.45, 7) is 0.506. The van der Waals surface area contributed by atoms with Gasteiger partial charge in [0.15, 0.2) is 0 Å². The van der Waals surface area contributed by atoms with Gasteiger partial charge in [0.2, 0.25) is 0 Å². The van der Waals surface area contributed by atoms with Gasteiger partial charge in [0.25, 0.3) is 5.91 Å². The SMILES string of the molecule is O=C1c2[nH]nc(-c3ccccc3O)c2C(c2cccc(O)c2)N1CCc1ccccc1. The van der Waals surface area contributed by atoms with Gasteiger partial charge in [-0.25, -0.2) is 0 Å². The van der Waals surface area contributed by atoms with E-state index in [-0.39, 0.29) is 17.4 Å². The number of aromatic hydroxyl groups is 2. The number of nitrogens with one attached hydrogen (secondary N) is 1. The van der Waals surface area contributed by atoms with Crippen molar-refractivity contribution in [3.63, 3.8) is 0 Å². The van der Waals surface area contributed by atoms with Gasteiger partial charge in [-0.3, -0.25) is 9.89 Å². The number of phenolic OH excluding ortho intramolecular Hbond substituents is 2. The summed E-state index contributed by atoms with van der Waals surface area (Å²) in [5.74, 6) is 0.0871. The quantitative estimate of drug-likeness (QED) is 0.457. The second kappa shape index (κ2) is 7.65. The van der Waals surface area contributed by atoms with Crippen LogP contribution in [-0.4, -0.2) is 37.8 Å². The van der Waals surface area contributed by atoms with Crippen molar-refractivity contribution in [1.29, 1.82) is 0 Å². The van der Waals surface area contributed by atoms with Gasteiger partial charge in [0.1, 0.15) is 22.9 Å². The number of hydrogen-bond acceptors (Lipinski definition) is 4. The number of fused-ring (bicyclic) bond motifs is 1. The number of carbonyl (C=O) groups is 1. The van der Waals surface area contributed by atoms with Crippen LogP contribution in [0.3, 0.4) is 0 Å². The highest BCUT2D eigenvalue weighted by atomic mass is 16.3. The lowest BCUT2D eigenvalue weighted by atomic mass is 9.95. The molecule has 0 aliphatic carbocycles. The van der Waals surface area contributed by atoms with Gasteiger partial charge in [0.05, 0.1) is 6.04 Å². The molecule has 6 nitrogen and oxygen atoms in total. The van der Waals surface area contributed by atoms with Crippen LogP contribution in [0.2, 0.25) is 0 Å². The van der Waals surface area contributed by atoms with Crippen LogP contribution >= 0.6 is 0 Å². The molecule has 3 N–H and O–H groups in total. The third kappa shape index (κ3) is 3.32. The highest BCUT2D eigenvalue weighted by Crippen LogP contribution is 2.44. The number of benzene rings is 3. The lowest BCUT2D eigenvalue weighted by Gasteiger charge is -2.26. The normalized spacial score (nSPS) is 15.3. The fourth-order valence-corrected chi connectivity index (χ4v) is 4.24. The van der Waals surface area contributed by atoms with Crippen LogP contribution in [0.15, 0.2) is 78.9 Å². The van der Waals surface area contributed by atoms with E-state index in [1.54, 1.807) is 41.3 Å².